The average Bonchev–Trinajstić information content (AvgIpc) is 2.04. The van der Waals surface area contributed by atoms with Crippen molar-refractivity contribution in [1.82, 2.24) is 0 Å². The summed E-state index contributed by atoms with van der Waals surface area (Å²) < 4.78 is 1.17. The van der Waals surface area contributed by atoms with Crippen LogP contribution in [0.4, 0.5) is 0 Å². The summed E-state index contributed by atoms with van der Waals surface area (Å²) in [5, 5.41) is 2.45. The minimum atomic E-state index is 0. The Kier molecular flexibility index (Phi) is 2.29. The molecule has 0 nitrogen and oxygen atoms in total. The van der Waals surface area contributed by atoms with Crippen molar-refractivity contribution in [3.05, 3.63) is 46.0 Å². The number of fused-ring (bicyclic) bond motifs is 1. The molecule has 2 heteroatoms. The van der Waals surface area contributed by atoms with E-state index in [2.05, 4.69) is 52.9 Å². The molecule has 0 saturated heterocycles. The van der Waals surface area contributed by atoms with Crippen LogP contribution in [0.5, 0.6) is 0 Å². The van der Waals surface area contributed by atoms with E-state index in [0.717, 1.165) is 0 Å². The maximum absolute atomic E-state index is 3.28. The monoisotopic (exact) mass is 520 g/mol. The molecule has 2 aromatic rings. The zero-order valence-corrected chi connectivity index (χ0v) is 15.1. The third-order valence-corrected chi connectivity index (χ3v) is 2.25. The van der Waals surface area contributed by atoms with Gasteiger partial charge in [-0.25, -0.2) is 0 Å². The molecule has 0 bridgehead atoms. The van der Waals surface area contributed by atoms with Crippen molar-refractivity contribution in [2.75, 3.05) is 0 Å². The van der Waals surface area contributed by atoms with Gasteiger partial charge in [0, 0.05) is 0 Å². The molecule has 0 unspecified atom stereocenters. The summed E-state index contributed by atoms with van der Waals surface area (Å²) in [4.78, 5) is 0. The first-order valence-corrected chi connectivity index (χ1v) is 4.51. The smallest absolute Gasteiger partial charge is 0 e. The summed E-state index contributed by atoms with van der Waals surface area (Å²) in [5.74, 6) is 0. The van der Waals surface area contributed by atoms with Gasteiger partial charge in [0.2, 0.25) is 0 Å². The first-order valence-electron chi connectivity index (χ1n) is 3.43. The predicted octanol–water partition coefficient (Wildman–Crippen LogP) is 3.24. The van der Waals surface area contributed by atoms with Gasteiger partial charge in [-0.15, -0.1) is 41.1 Å². The minimum Gasteiger partial charge on any atom is -0.142 e. The second kappa shape index (κ2) is 3.22. The molecule has 0 aliphatic heterocycles. The summed E-state index contributed by atoms with van der Waals surface area (Å²) in [6.07, 6.45) is 0. The maximum Gasteiger partial charge on any atom is 0 e. The van der Waals surface area contributed by atoms with Crippen molar-refractivity contribution >= 4 is 33.4 Å². The van der Waals surface area contributed by atoms with Crippen LogP contribution in [-0.2, 0) is 0 Å². The van der Waals surface area contributed by atoms with Gasteiger partial charge in [-0.05, 0) is 0 Å². The molecule has 0 fully saturated rings. The predicted molar refractivity (Wildman–Crippen MR) is 55.5 cm³/mol. The molecule has 0 spiro atoms. The first-order chi connectivity index (χ1) is 5.36. The van der Waals surface area contributed by atoms with Gasteiger partial charge in [-0.2, -0.15) is 0 Å². The summed E-state index contributed by atoms with van der Waals surface area (Å²) in [5.41, 5.74) is 0. The fraction of sp³-hybridized carbons (Fsp3) is 0. The van der Waals surface area contributed by atoms with Crippen molar-refractivity contribution in [3.63, 3.8) is 0 Å². The molecule has 0 N–H and O–H groups in total. The van der Waals surface area contributed by atoms with Gasteiger partial charge < -0.3 is 0 Å². The quantitative estimate of drug-likeness (QED) is 0.370. The van der Waals surface area contributed by atoms with Crippen LogP contribution in [0, 0.1) is 9.64 Å². The molecule has 0 radical (unpaired) electrons. The number of hydrogen-bond acceptors (Lipinski definition) is 0. The van der Waals surface area contributed by atoms with E-state index in [1.807, 2.05) is 12.1 Å². The zero-order valence-electron chi connectivity index (χ0n) is 6.55. The molecule has 0 saturated carbocycles. The largest absolute Gasteiger partial charge is 0.142 e. The number of benzene rings is 2. The zero-order chi connectivity index (χ0) is 7.68. The Hall–Kier alpha value is -1.57. The molecule has 0 aliphatic rings. The van der Waals surface area contributed by atoms with E-state index in [1.54, 1.807) is 0 Å². The standard InChI is InChI=1S/C10H6I.Rf/c11-10-6-5-8-3-1-2-4-9(8)7-10;/h1-6H;/q-1;. The molecule has 2 rings (SSSR count). The van der Waals surface area contributed by atoms with Gasteiger partial charge in [-0.1, -0.05) is 38.3 Å². The summed E-state index contributed by atoms with van der Waals surface area (Å²) in [6.45, 7) is 0. The van der Waals surface area contributed by atoms with E-state index in [1.165, 1.54) is 14.3 Å². The Morgan fingerprint density at radius 1 is 1.00 bits per heavy atom. The topological polar surface area (TPSA) is 0 Å². The first kappa shape index (κ1) is 8.53. The van der Waals surface area contributed by atoms with Gasteiger partial charge in [0.25, 0.3) is 0 Å². The fourth-order valence-electron chi connectivity index (χ4n) is 1.09. The molecule has 0 amide bonds. The Labute approximate surface area is 79.4 Å². The summed E-state index contributed by atoms with van der Waals surface area (Å²) >= 11 is 2.27. The molecule has 2 aromatic carbocycles. The maximum atomic E-state index is 3.28. The van der Waals surface area contributed by atoms with Crippen LogP contribution < -0.4 is 0 Å². The molecule has 56 valence electrons. The Morgan fingerprint density at radius 2 is 1.75 bits per heavy atom. The number of rotatable bonds is 0. The summed E-state index contributed by atoms with van der Waals surface area (Å²) in [7, 11) is 0. The number of hydrogen-bond donors (Lipinski definition) is 0. The van der Waals surface area contributed by atoms with E-state index in [0.29, 0.717) is 0 Å². The number of halogens is 1. The van der Waals surface area contributed by atoms with Crippen LogP contribution in [0.25, 0.3) is 10.8 Å². The van der Waals surface area contributed by atoms with Crippen LogP contribution in [-0.4, -0.2) is 0 Å². The second-order valence-corrected chi connectivity index (χ2v) is 3.56. The van der Waals surface area contributed by atoms with Crippen molar-refractivity contribution in [2.45, 2.75) is 0 Å². The van der Waals surface area contributed by atoms with Gasteiger partial charge in [-0.3, -0.25) is 0 Å². The van der Waals surface area contributed by atoms with Crippen molar-refractivity contribution in [3.8, 4) is 0 Å². The average molecular weight is 520 g/mol. The third-order valence-electron chi connectivity index (χ3n) is 1.62. The minimum absolute atomic E-state index is 0. The van der Waals surface area contributed by atoms with Crippen LogP contribution in [0.15, 0.2) is 36.4 Å². The van der Waals surface area contributed by atoms with Gasteiger partial charge >= 0.3 is 0 Å². The SMILES string of the molecule is Ic1[c-]c2ccccc2cc1.[Rf]. The van der Waals surface area contributed by atoms with Crippen molar-refractivity contribution < 1.29 is 0 Å². The van der Waals surface area contributed by atoms with E-state index in [4.69, 9.17) is 0 Å². The van der Waals surface area contributed by atoms with E-state index in [-0.39, 0.29) is 0 Å². The normalized spacial score (nSPS) is 9.42. The van der Waals surface area contributed by atoms with Crippen molar-refractivity contribution in [1.29, 1.82) is 0 Å². The molecule has 0 atom stereocenters. The van der Waals surface area contributed by atoms with Crippen LogP contribution in [0.1, 0.15) is 0 Å². The molecule has 0 aromatic heterocycles. The molecule has 0 aliphatic carbocycles. The van der Waals surface area contributed by atoms with Gasteiger partial charge in [0.05, 0.1) is 0 Å². The van der Waals surface area contributed by atoms with Gasteiger partial charge in [0.15, 0.2) is 0 Å². The van der Waals surface area contributed by atoms with Crippen molar-refractivity contribution in [2.24, 2.45) is 0 Å². The molecular formula is C10H6IRf-. The fourth-order valence-corrected chi connectivity index (χ4v) is 1.56. The summed E-state index contributed by atoms with van der Waals surface area (Å²) in [6, 6.07) is 15.7. The van der Waals surface area contributed by atoms with E-state index in [9.17, 15) is 0 Å². The Morgan fingerprint density at radius 3 is 2.58 bits per heavy atom. The second-order valence-electron chi connectivity index (χ2n) is 2.39. The van der Waals surface area contributed by atoms with E-state index < -0.39 is 0 Å². The third kappa shape index (κ3) is 1.37. The molecular weight excluding hydrogens is 514 g/mol. The molecule has 0 heterocycles. The Balaban J connectivity index is 0.000000720. The van der Waals surface area contributed by atoms with Crippen LogP contribution in [0.3, 0.4) is 0 Å². The molecule has 12 heavy (non-hydrogen) atoms. The van der Waals surface area contributed by atoms with Crippen LogP contribution >= 0.6 is 22.6 Å². The Bertz CT molecular complexity index is 384. The van der Waals surface area contributed by atoms with E-state index >= 15 is 0 Å². The van der Waals surface area contributed by atoms with Crippen LogP contribution in [0.2, 0.25) is 0 Å². The van der Waals surface area contributed by atoms with Gasteiger partial charge in [0.1, 0.15) is 0 Å².